The molecule has 2 aromatic carbocycles. The third-order valence-corrected chi connectivity index (χ3v) is 5.15. The molecule has 2 aromatic rings. The first-order chi connectivity index (χ1) is 13.2. The molecular weight excluding hydrogens is 336 g/mol. The molecule has 1 atom stereocenters. The van der Waals surface area contributed by atoms with Gasteiger partial charge in [0.1, 0.15) is 5.75 Å². The van der Waals surface area contributed by atoms with Crippen molar-refractivity contribution in [2.45, 2.75) is 58.4 Å². The van der Waals surface area contributed by atoms with Gasteiger partial charge in [-0.1, -0.05) is 43.7 Å². The lowest BCUT2D eigenvalue weighted by Crippen LogP contribution is -2.39. The number of hydrogen-bond donors (Lipinski definition) is 2. The zero-order valence-electron chi connectivity index (χ0n) is 16.4. The molecular formula is C23H30N2O2. The van der Waals surface area contributed by atoms with Crippen LogP contribution in [0.5, 0.6) is 5.75 Å². The third-order valence-electron chi connectivity index (χ3n) is 5.15. The number of carbonyl (C=O) groups excluding carboxylic acids is 1. The number of aryl methyl sites for hydroxylation is 3. The van der Waals surface area contributed by atoms with Crippen LogP contribution in [0.1, 0.15) is 61.4 Å². The van der Waals surface area contributed by atoms with E-state index in [0.717, 1.165) is 30.6 Å². The molecule has 2 N–H and O–H groups in total. The van der Waals surface area contributed by atoms with Crippen LogP contribution in [-0.2, 0) is 19.3 Å². The van der Waals surface area contributed by atoms with Gasteiger partial charge in [0.15, 0.2) is 6.73 Å². The highest BCUT2D eigenvalue weighted by Crippen LogP contribution is 2.24. The molecule has 0 aliphatic heterocycles. The topological polar surface area (TPSA) is 50.4 Å². The summed E-state index contributed by atoms with van der Waals surface area (Å²) in [5, 5.41) is 5.75. The van der Waals surface area contributed by atoms with Crippen LogP contribution >= 0.6 is 0 Å². The molecule has 3 rings (SSSR count). The normalized spacial score (nSPS) is 14.1. The summed E-state index contributed by atoms with van der Waals surface area (Å²) in [6, 6.07) is 14.4. The predicted molar refractivity (Wildman–Crippen MR) is 109 cm³/mol. The standard InChI is InChI=1S/C23H30N2O2/c1-3-6-18-9-13-22(14-10-18)27-16-24-23(26)25-17(2)20-12-11-19-7-4-5-8-21(19)15-20/h9-15,17H,3-8,16H2,1-2H3,(H2,24,25,26). The first-order valence-corrected chi connectivity index (χ1v) is 10.0. The fourth-order valence-corrected chi connectivity index (χ4v) is 3.58. The summed E-state index contributed by atoms with van der Waals surface area (Å²) in [7, 11) is 0. The van der Waals surface area contributed by atoms with E-state index in [1.165, 1.54) is 36.0 Å². The Bertz CT molecular complexity index is 755. The molecule has 0 fully saturated rings. The maximum Gasteiger partial charge on any atom is 0.317 e. The van der Waals surface area contributed by atoms with E-state index in [-0.39, 0.29) is 18.8 Å². The molecule has 2 amide bonds. The maximum atomic E-state index is 12.1. The number of ether oxygens (including phenoxy) is 1. The number of rotatable bonds is 7. The lowest BCUT2D eigenvalue weighted by molar-refractivity contribution is 0.221. The van der Waals surface area contributed by atoms with Gasteiger partial charge < -0.3 is 15.4 Å². The molecule has 0 aromatic heterocycles. The summed E-state index contributed by atoms with van der Waals surface area (Å²) < 4.78 is 5.60. The monoisotopic (exact) mass is 366 g/mol. The van der Waals surface area contributed by atoms with Crippen molar-refractivity contribution < 1.29 is 9.53 Å². The van der Waals surface area contributed by atoms with Crippen LogP contribution in [0.2, 0.25) is 0 Å². The predicted octanol–water partition coefficient (Wildman–Crippen LogP) is 4.91. The quantitative estimate of drug-likeness (QED) is 0.684. The Morgan fingerprint density at radius 3 is 2.56 bits per heavy atom. The summed E-state index contributed by atoms with van der Waals surface area (Å²) in [5.41, 5.74) is 5.34. The van der Waals surface area contributed by atoms with Crippen molar-refractivity contribution in [1.29, 1.82) is 0 Å². The van der Waals surface area contributed by atoms with Crippen LogP contribution < -0.4 is 15.4 Å². The fourth-order valence-electron chi connectivity index (χ4n) is 3.58. The number of amides is 2. The van der Waals surface area contributed by atoms with Gasteiger partial charge in [-0.2, -0.15) is 0 Å². The highest BCUT2D eigenvalue weighted by molar-refractivity contribution is 5.74. The average molecular weight is 367 g/mol. The Kier molecular flexibility index (Phi) is 6.74. The molecule has 4 heteroatoms. The highest BCUT2D eigenvalue weighted by atomic mass is 16.5. The summed E-state index contributed by atoms with van der Waals surface area (Å²) in [6.45, 7) is 4.32. The van der Waals surface area contributed by atoms with Crippen molar-refractivity contribution in [3.05, 3.63) is 64.7 Å². The molecule has 144 valence electrons. The second-order valence-electron chi connectivity index (χ2n) is 7.29. The van der Waals surface area contributed by atoms with E-state index in [1.807, 2.05) is 19.1 Å². The minimum atomic E-state index is -0.220. The minimum absolute atomic E-state index is 0.0365. The van der Waals surface area contributed by atoms with Crippen molar-refractivity contribution in [2.75, 3.05) is 6.73 Å². The van der Waals surface area contributed by atoms with E-state index >= 15 is 0 Å². The summed E-state index contributed by atoms with van der Waals surface area (Å²) in [6.07, 6.45) is 7.06. The van der Waals surface area contributed by atoms with Crippen LogP contribution in [0.15, 0.2) is 42.5 Å². The molecule has 0 saturated carbocycles. The average Bonchev–Trinajstić information content (AvgIpc) is 2.69. The molecule has 0 saturated heterocycles. The van der Waals surface area contributed by atoms with Crippen molar-refractivity contribution in [1.82, 2.24) is 10.6 Å². The van der Waals surface area contributed by atoms with E-state index in [1.54, 1.807) is 0 Å². The molecule has 4 nitrogen and oxygen atoms in total. The Morgan fingerprint density at radius 1 is 1.07 bits per heavy atom. The summed E-state index contributed by atoms with van der Waals surface area (Å²) in [5.74, 6) is 0.762. The van der Waals surface area contributed by atoms with Gasteiger partial charge in [-0.25, -0.2) is 4.79 Å². The number of hydrogen-bond acceptors (Lipinski definition) is 2. The SMILES string of the molecule is CCCc1ccc(OCNC(=O)NC(C)c2ccc3c(c2)CCCC3)cc1. The molecule has 1 aliphatic carbocycles. The van der Waals surface area contributed by atoms with Gasteiger partial charge in [0.05, 0.1) is 6.04 Å². The highest BCUT2D eigenvalue weighted by Gasteiger charge is 2.14. The lowest BCUT2D eigenvalue weighted by atomic mass is 9.89. The Labute approximate surface area is 162 Å². The molecule has 0 radical (unpaired) electrons. The Morgan fingerprint density at radius 2 is 1.81 bits per heavy atom. The molecule has 0 heterocycles. The van der Waals surface area contributed by atoms with Crippen molar-refractivity contribution in [2.24, 2.45) is 0 Å². The first kappa shape index (κ1) is 19.3. The van der Waals surface area contributed by atoms with Gasteiger partial charge >= 0.3 is 6.03 Å². The molecule has 0 spiro atoms. The maximum absolute atomic E-state index is 12.1. The number of fused-ring (bicyclic) bond motifs is 1. The van der Waals surface area contributed by atoms with Crippen LogP contribution in [0.4, 0.5) is 4.79 Å². The van der Waals surface area contributed by atoms with Gasteiger partial charge in [0, 0.05) is 0 Å². The van der Waals surface area contributed by atoms with Crippen LogP contribution in [-0.4, -0.2) is 12.8 Å². The van der Waals surface area contributed by atoms with E-state index in [0.29, 0.717) is 0 Å². The largest absolute Gasteiger partial charge is 0.473 e. The second kappa shape index (κ2) is 9.45. The van der Waals surface area contributed by atoms with E-state index in [4.69, 9.17) is 4.74 Å². The van der Waals surface area contributed by atoms with Gasteiger partial charge in [-0.3, -0.25) is 0 Å². The van der Waals surface area contributed by atoms with E-state index in [9.17, 15) is 4.79 Å². The Hall–Kier alpha value is -2.49. The zero-order valence-corrected chi connectivity index (χ0v) is 16.4. The number of benzene rings is 2. The van der Waals surface area contributed by atoms with Crippen LogP contribution in [0.25, 0.3) is 0 Å². The first-order valence-electron chi connectivity index (χ1n) is 10.0. The van der Waals surface area contributed by atoms with Gasteiger partial charge in [-0.15, -0.1) is 0 Å². The smallest absolute Gasteiger partial charge is 0.317 e. The van der Waals surface area contributed by atoms with E-state index < -0.39 is 0 Å². The third kappa shape index (κ3) is 5.49. The second-order valence-corrected chi connectivity index (χ2v) is 7.29. The van der Waals surface area contributed by atoms with Crippen LogP contribution in [0, 0.1) is 0 Å². The fraction of sp³-hybridized carbons (Fsp3) is 0.435. The molecule has 0 bridgehead atoms. The molecule has 1 aliphatic rings. The number of carbonyl (C=O) groups is 1. The minimum Gasteiger partial charge on any atom is -0.473 e. The van der Waals surface area contributed by atoms with Crippen LogP contribution in [0.3, 0.4) is 0 Å². The van der Waals surface area contributed by atoms with Gasteiger partial charge in [-0.05, 0) is 73.4 Å². The van der Waals surface area contributed by atoms with Crippen molar-refractivity contribution >= 4 is 6.03 Å². The summed E-state index contributed by atoms with van der Waals surface area (Å²) in [4.78, 5) is 12.1. The summed E-state index contributed by atoms with van der Waals surface area (Å²) >= 11 is 0. The number of nitrogens with one attached hydrogen (secondary N) is 2. The molecule has 27 heavy (non-hydrogen) atoms. The van der Waals surface area contributed by atoms with E-state index in [2.05, 4.69) is 47.9 Å². The van der Waals surface area contributed by atoms with Gasteiger partial charge in [0.25, 0.3) is 0 Å². The Balaban J connectivity index is 1.44. The zero-order chi connectivity index (χ0) is 19.1. The van der Waals surface area contributed by atoms with Crippen molar-refractivity contribution in [3.8, 4) is 5.75 Å². The molecule has 1 unspecified atom stereocenters. The van der Waals surface area contributed by atoms with Crippen molar-refractivity contribution in [3.63, 3.8) is 0 Å². The van der Waals surface area contributed by atoms with Gasteiger partial charge in [0.2, 0.25) is 0 Å². The lowest BCUT2D eigenvalue weighted by Gasteiger charge is -2.20. The number of urea groups is 1.